The number of nitrogens with zero attached hydrogens (tertiary/aromatic N) is 6. The summed E-state index contributed by atoms with van der Waals surface area (Å²) in [7, 11) is 0. The van der Waals surface area contributed by atoms with Gasteiger partial charge in [-0.2, -0.15) is 4.68 Å². The predicted molar refractivity (Wildman–Crippen MR) is 98.0 cm³/mol. The fourth-order valence-electron chi connectivity index (χ4n) is 2.41. The first-order valence-electron chi connectivity index (χ1n) is 7.87. The van der Waals surface area contributed by atoms with Crippen molar-refractivity contribution < 1.29 is 9.18 Å². The summed E-state index contributed by atoms with van der Waals surface area (Å²) in [6.07, 6.45) is 3.20. The van der Waals surface area contributed by atoms with E-state index in [1.165, 1.54) is 10.7 Å². The summed E-state index contributed by atoms with van der Waals surface area (Å²) in [6.45, 7) is 0. The zero-order chi connectivity index (χ0) is 18.6. The second kappa shape index (κ2) is 7.46. The molecule has 134 valence electrons. The van der Waals surface area contributed by atoms with E-state index in [1.807, 2.05) is 0 Å². The van der Waals surface area contributed by atoms with Gasteiger partial charge in [0.15, 0.2) is 0 Å². The maximum Gasteiger partial charge on any atom is 0.234 e. The number of benzene rings is 2. The molecule has 0 bridgehead atoms. The molecular formula is C17H12FN7OS. The average molecular weight is 381 g/mol. The minimum absolute atomic E-state index is 0.0628. The number of carbonyl (C=O) groups is 1. The molecule has 1 N–H and O–H groups in total. The molecule has 10 heteroatoms. The van der Waals surface area contributed by atoms with E-state index >= 15 is 0 Å². The van der Waals surface area contributed by atoms with E-state index in [2.05, 4.69) is 30.8 Å². The Morgan fingerprint density at radius 2 is 1.93 bits per heavy atom. The molecule has 0 fully saturated rings. The maximum absolute atomic E-state index is 13.9. The highest BCUT2D eigenvalue weighted by atomic mass is 32.2. The molecule has 8 nitrogen and oxygen atoms in total. The summed E-state index contributed by atoms with van der Waals surface area (Å²) in [5, 5.41) is 14.3. The minimum atomic E-state index is -0.451. The quantitative estimate of drug-likeness (QED) is 0.530. The monoisotopic (exact) mass is 381 g/mol. The zero-order valence-electron chi connectivity index (χ0n) is 13.8. The van der Waals surface area contributed by atoms with Gasteiger partial charge in [-0.15, -0.1) is 5.10 Å². The molecule has 0 unspecified atom stereocenters. The number of halogens is 1. The Morgan fingerprint density at radius 1 is 1.11 bits per heavy atom. The van der Waals surface area contributed by atoms with Gasteiger partial charge in [0, 0.05) is 18.1 Å². The van der Waals surface area contributed by atoms with Crippen molar-refractivity contribution in [3.8, 4) is 5.69 Å². The van der Waals surface area contributed by atoms with E-state index in [-0.39, 0.29) is 17.3 Å². The summed E-state index contributed by atoms with van der Waals surface area (Å²) in [5.41, 5.74) is 2.26. The van der Waals surface area contributed by atoms with Crippen LogP contribution < -0.4 is 5.32 Å². The van der Waals surface area contributed by atoms with Crippen molar-refractivity contribution >= 4 is 34.4 Å². The first kappa shape index (κ1) is 17.0. The fourth-order valence-corrected chi connectivity index (χ4v) is 3.10. The van der Waals surface area contributed by atoms with Gasteiger partial charge in [-0.1, -0.05) is 23.9 Å². The summed E-state index contributed by atoms with van der Waals surface area (Å²) in [4.78, 5) is 20.6. The molecule has 0 aliphatic heterocycles. The van der Waals surface area contributed by atoms with Gasteiger partial charge in [-0.05, 0) is 40.8 Å². The van der Waals surface area contributed by atoms with Crippen LogP contribution >= 0.6 is 11.8 Å². The number of aromatic nitrogens is 6. The van der Waals surface area contributed by atoms with E-state index in [4.69, 9.17) is 0 Å². The van der Waals surface area contributed by atoms with E-state index in [0.717, 1.165) is 17.3 Å². The SMILES string of the molecule is O=C(CSc1nnnn1-c1ccccc1F)Nc1ccc2nccnc2c1. The highest BCUT2D eigenvalue weighted by molar-refractivity contribution is 7.99. The molecule has 0 aliphatic rings. The lowest BCUT2D eigenvalue weighted by Gasteiger charge is -2.07. The van der Waals surface area contributed by atoms with Gasteiger partial charge in [0.05, 0.1) is 16.8 Å². The second-order valence-electron chi connectivity index (χ2n) is 5.42. The lowest BCUT2D eigenvalue weighted by Crippen LogP contribution is -2.14. The molecule has 27 heavy (non-hydrogen) atoms. The highest BCUT2D eigenvalue weighted by Gasteiger charge is 2.14. The third-order valence-electron chi connectivity index (χ3n) is 3.61. The van der Waals surface area contributed by atoms with E-state index in [1.54, 1.807) is 48.8 Å². The van der Waals surface area contributed by atoms with Crippen molar-refractivity contribution in [2.45, 2.75) is 5.16 Å². The minimum Gasteiger partial charge on any atom is -0.325 e. The van der Waals surface area contributed by atoms with Gasteiger partial charge >= 0.3 is 0 Å². The number of thioether (sulfide) groups is 1. The van der Waals surface area contributed by atoms with Crippen molar-refractivity contribution in [2.75, 3.05) is 11.1 Å². The van der Waals surface area contributed by atoms with Crippen LogP contribution in [0, 0.1) is 5.82 Å². The van der Waals surface area contributed by atoms with Crippen LogP contribution in [0.2, 0.25) is 0 Å². The van der Waals surface area contributed by atoms with Crippen LogP contribution in [0.15, 0.2) is 60.0 Å². The van der Waals surface area contributed by atoms with Gasteiger partial charge in [0.2, 0.25) is 11.1 Å². The van der Waals surface area contributed by atoms with Crippen LogP contribution in [0.3, 0.4) is 0 Å². The third kappa shape index (κ3) is 3.75. The number of fused-ring (bicyclic) bond motifs is 1. The fraction of sp³-hybridized carbons (Fsp3) is 0.0588. The molecule has 1 amide bonds. The van der Waals surface area contributed by atoms with Gasteiger partial charge < -0.3 is 5.32 Å². The van der Waals surface area contributed by atoms with Gasteiger partial charge in [-0.3, -0.25) is 14.8 Å². The molecule has 4 rings (SSSR count). The molecule has 0 saturated heterocycles. The molecular weight excluding hydrogens is 369 g/mol. The van der Waals surface area contributed by atoms with Crippen molar-refractivity contribution in [3.05, 3.63) is 60.7 Å². The van der Waals surface area contributed by atoms with Crippen LogP contribution in [-0.2, 0) is 4.79 Å². The Balaban J connectivity index is 1.44. The van der Waals surface area contributed by atoms with Gasteiger partial charge in [0.25, 0.3) is 0 Å². The van der Waals surface area contributed by atoms with Gasteiger partial charge in [0.1, 0.15) is 11.5 Å². The Bertz CT molecular complexity index is 1120. The van der Waals surface area contributed by atoms with Crippen LogP contribution in [0.4, 0.5) is 10.1 Å². The van der Waals surface area contributed by atoms with Crippen molar-refractivity contribution in [2.24, 2.45) is 0 Å². The number of para-hydroxylation sites is 1. The maximum atomic E-state index is 13.9. The van der Waals surface area contributed by atoms with Gasteiger partial charge in [-0.25, -0.2) is 4.39 Å². The molecule has 0 saturated carbocycles. The summed E-state index contributed by atoms with van der Waals surface area (Å²) in [5.74, 6) is -0.632. The number of amides is 1. The van der Waals surface area contributed by atoms with Crippen molar-refractivity contribution in [3.63, 3.8) is 0 Å². The Labute approximate surface area is 156 Å². The van der Waals surface area contributed by atoms with E-state index < -0.39 is 5.82 Å². The number of hydrogen-bond acceptors (Lipinski definition) is 7. The Morgan fingerprint density at radius 3 is 2.78 bits per heavy atom. The highest BCUT2D eigenvalue weighted by Crippen LogP contribution is 2.21. The van der Waals surface area contributed by atoms with E-state index in [9.17, 15) is 9.18 Å². The molecule has 2 heterocycles. The molecule has 0 radical (unpaired) electrons. The lowest BCUT2D eigenvalue weighted by atomic mass is 10.2. The average Bonchev–Trinajstić information content (AvgIpc) is 3.15. The first-order chi connectivity index (χ1) is 13.2. The summed E-state index contributed by atoms with van der Waals surface area (Å²) < 4.78 is 15.2. The van der Waals surface area contributed by atoms with Crippen LogP contribution in [-0.4, -0.2) is 41.8 Å². The molecule has 2 aromatic carbocycles. The zero-order valence-corrected chi connectivity index (χ0v) is 14.6. The molecule has 0 atom stereocenters. The first-order valence-corrected chi connectivity index (χ1v) is 8.86. The Kier molecular flexibility index (Phi) is 4.71. The number of hydrogen-bond donors (Lipinski definition) is 1. The number of tetrazole rings is 1. The molecule has 0 aliphatic carbocycles. The Hall–Kier alpha value is -3.40. The standard InChI is InChI=1S/C17H12FN7OS/c18-12-3-1-2-4-15(12)25-17(22-23-24-25)27-10-16(26)21-11-5-6-13-14(9-11)20-8-7-19-13/h1-9H,10H2,(H,21,26). The summed E-state index contributed by atoms with van der Waals surface area (Å²) in [6, 6.07) is 11.4. The van der Waals surface area contributed by atoms with Crippen molar-refractivity contribution in [1.29, 1.82) is 0 Å². The topological polar surface area (TPSA) is 98.5 Å². The van der Waals surface area contributed by atoms with Crippen LogP contribution in [0.5, 0.6) is 0 Å². The second-order valence-corrected chi connectivity index (χ2v) is 6.36. The predicted octanol–water partition coefficient (Wildman–Crippen LogP) is 2.48. The van der Waals surface area contributed by atoms with Crippen LogP contribution in [0.1, 0.15) is 0 Å². The molecule has 4 aromatic rings. The largest absolute Gasteiger partial charge is 0.325 e. The van der Waals surface area contributed by atoms with Crippen molar-refractivity contribution in [1.82, 2.24) is 30.2 Å². The smallest absolute Gasteiger partial charge is 0.234 e. The molecule has 2 aromatic heterocycles. The normalized spacial score (nSPS) is 10.9. The summed E-state index contributed by atoms with van der Waals surface area (Å²) >= 11 is 1.11. The third-order valence-corrected chi connectivity index (χ3v) is 4.53. The number of rotatable bonds is 5. The number of nitrogens with one attached hydrogen (secondary N) is 1. The number of anilines is 1. The number of carbonyl (C=O) groups excluding carboxylic acids is 1. The van der Waals surface area contributed by atoms with Crippen LogP contribution in [0.25, 0.3) is 16.7 Å². The lowest BCUT2D eigenvalue weighted by molar-refractivity contribution is -0.113. The van der Waals surface area contributed by atoms with E-state index in [0.29, 0.717) is 16.4 Å². The molecule has 0 spiro atoms.